The van der Waals surface area contributed by atoms with E-state index in [9.17, 15) is 17.6 Å². The number of hydrogen-bond donors (Lipinski definition) is 0. The molecule has 1 fully saturated rings. The summed E-state index contributed by atoms with van der Waals surface area (Å²) in [6.07, 6.45) is 0. The van der Waals surface area contributed by atoms with E-state index in [-0.39, 0.29) is 36.6 Å². The van der Waals surface area contributed by atoms with Gasteiger partial charge in [0.2, 0.25) is 10.0 Å². The molecule has 0 radical (unpaired) electrons. The van der Waals surface area contributed by atoms with Gasteiger partial charge in [0.1, 0.15) is 5.82 Å². The van der Waals surface area contributed by atoms with Crippen LogP contribution in [-0.4, -0.2) is 49.7 Å². The molecule has 1 saturated heterocycles. The fraction of sp³-hybridized carbons (Fsp3) is 0.222. The van der Waals surface area contributed by atoms with E-state index in [0.29, 0.717) is 10.0 Å². The van der Waals surface area contributed by atoms with Crippen LogP contribution in [0.25, 0.3) is 0 Å². The zero-order valence-electron chi connectivity index (χ0n) is 14.1. The number of carbonyl (C=O) groups excluding carboxylic acids is 1. The van der Waals surface area contributed by atoms with Crippen molar-refractivity contribution in [3.8, 4) is 6.07 Å². The molecular weight excluding hydrogens is 437 g/mol. The number of sulfonamides is 1. The van der Waals surface area contributed by atoms with Gasteiger partial charge in [0, 0.05) is 30.7 Å². The highest BCUT2D eigenvalue weighted by Crippen LogP contribution is 2.21. The summed E-state index contributed by atoms with van der Waals surface area (Å²) in [5.74, 6) is -1.08. The van der Waals surface area contributed by atoms with Crippen LogP contribution in [0, 0.1) is 17.1 Å². The quantitative estimate of drug-likeness (QED) is 0.717. The maximum atomic E-state index is 13.9. The van der Waals surface area contributed by atoms with Gasteiger partial charge in [-0.2, -0.15) is 9.57 Å². The average molecular weight is 452 g/mol. The zero-order chi connectivity index (χ0) is 19.6. The van der Waals surface area contributed by atoms with E-state index in [1.165, 1.54) is 51.7 Å². The fourth-order valence-corrected chi connectivity index (χ4v) is 4.60. The van der Waals surface area contributed by atoms with Crippen LogP contribution in [0.4, 0.5) is 4.39 Å². The highest BCUT2D eigenvalue weighted by Gasteiger charge is 2.31. The molecule has 1 amide bonds. The third-order valence-corrected chi connectivity index (χ3v) is 6.71. The minimum Gasteiger partial charge on any atom is -0.336 e. The minimum atomic E-state index is -3.71. The molecule has 0 saturated carbocycles. The van der Waals surface area contributed by atoms with E-state index >= 15 is 0 Å². The molecule has 1 aliphatic heterocycles. The van der Waals surface area contributed by atoms with Gasteiger partial charge in [-0.05, 0) is 42.5 Å². The van der Waals surface area contributed by atoms with E-state index in [2.05, 4.69) is 15.9 Å². The second-order valence-electron chi connectivity index (χ2n) is 5.96. The number of rotatable bonds is 3. The molecule has 1 heterocycles. The molecule has 140 valence electrons. The van der Waals surface area contributed by atoms with Crippen molar-refractivity contribution in [1.29, 1.82) is 5.26 Å². The highest BCUT2D eigenvalue weighted by atomic mass is 79.9. The lowest BCUT2D eigenvalue weighted by atomic mass is 10.1. The molecule has 1 aliphatic rings. The van der Waals surface area contributed by atoms with Gasteiger partial charge in [-0.1, -0.05) is 15.9 Å². The Morgan fingerprint density at radius 3 is 2.30 bits per heavy atom. The van der Waals surface area contributed by atoms with Gasteiger partial charge >= 0.3 is 0 Å². The van der Waals surface area contributed by atoms with Crippen LogP contribution in [0.1, 0.15) is 15.9 Å². The van der Waals surface area contributed by atoms with Gasteiger partial charge in [-0.25, -0.2) is 12.8 Å². The fourth-order valence-electron chi connectivity index (χ4n) is 2.81. The summed E-state index contributed by atoms with van der Waals surface area (Å²) in [7, 11) is -3.71. The molecule has 0 atom stereocenters. The first-order chi connectivity index (χ1) is 12.8. The molecule has 6 nitrogen and oxygen atoms in total. The number of amides is 1. The first-order valence-corrected chi connectivity index (χ1v) is 10.3. The molecule has 3 rings (SSSR count). The Hall–Kier alpha value is -2.28. The van der Waals surface area contributed by atoms with Crippen LogP contribution in [0.3, 0.4) is 0 Å². The Morgan fingerprint density at radius 1 is 1.07 bits per heavy atom. The second kappa shape index (κ2) is 7.76. The van der Waals surface area contributed by atoms with Crippen molar-refractivity contribution in [3.05, 3.63) is 63.9 Å². The standard InChI is InChI=1S/C18H15BrFN3O3S/c19-14-3-6-17(20)16(11-14)18(24)22-7-9-23(10-8-22)27(25,26)15-4-1-13(12-21)2-5-15/h1-6,11H,7-10H2. The minimum absolute atomic E-state index is 0.0484. The van der Waals surface area contributed by atoms with Gasteiger partial charge < -0.3 is 4.90 Å². The normalized spacial score (nSPS) is 15.4. The Kier molecular flexibility index (Phi) is 5.60. The first-order valence-electron chi connectivity index (χ1n) is 8.07. The number of benzene rings is 2. The van der Waals surface area contributed by atoms with Crippen LogP contribution in [0.15, 0.2) is 51.8 Å². The molecule has 27 heavy (non-hydrogen) atoms. The van der Waals surface area contributed by atoms with Crippen molar-refractivity contribution in [3.63, 3.8) is 0 Å². The SMILES string of the molecule is N#Cc1ccc(S(=O)(=O)N2CCN(C(=O)c3cc(Br)ccc3F)CC2)cc1. The zero-order valence-corrected chi connectivity index (χ0v) is 16.5. The maximum absolute atomic E-state index is 13.9. The summed E-state index contributed by atoms with van der Waals surface area (Å²) >= 11 is 3.22. The van der Waals surface area contributed by atoms with Crippen molar-refractivity contribution in [2.24, 2.45) is 0 Å². The predicted molar refractivity (Wildman–Crippen MR) is 99.9 cm³/mol. The molecule has 2 aromatic carbocycles. The number of piperazine rings is 1. The number of halogens is 2. The van der Waals surface area contributed by atoms with Gasteiger partial charge in [0.25, 0.3) is 5.91 Å². The Balaban J connectivity index is 1.71. The monoisotopic (exact) mass is 451 g/mol. The van der Waals surface area contributed by atoms with Crippen LogP contribution in [-0.2, 0) is 10.0 Å². The number of carbonyl (C=O) groups is 1. The van der Waals surface area contributed by atoms with Crippen molar-refractivity contribution < 1.29 is 17.6 Å². The van der Waals surface area contributed by atoms with Crippen molar-refractivity contribution in [2.75, 3.05) is 26.2 Å². The highest BCUT2D eigenvalue weighted by molar-refractivity contribution is 9.10. The molecular formula is C18H15BrFN3O3S. The average Bonchev–Trinajstić information content (AvgIpc) is 2.69. The molecule has 0 spiro atoms. The lowest BCUT2D eigenvalue weighted by Gasteiger charge is -2.34. The molecule has 2 aromatic rings. The Labute approximate surface area is 165 Å². The van der Waals surface area contributed by atoms with Crippen molar-refractivity contribution in [2.45, 2.75) is 4.90 Å². The third-order valence-electron chi connectivity index (χ3n) is 4.31. The number of nitrogens with zero attached hydrogens (tertiary/aromatic N) is 3. The molecule has 0 aromatic heterocycles. The second-order valence-corrected chi connectivity index (χ2v) is 8.81. The van der Waals surface area contributed by atoms with E-state index in [4.69, 9.17) is 5.26 Å². The van der Waals surface area contributed by atoms with E-state index in [1.54, 1.807) is 0 Å². The van der Waals surface area contributed by atoms with Gasteiger partial charge in [0.05, 0.1) is 22.1 Å². The summed E-state index contributed by atoms with van der Waals surface area (Å²) in [4.78, 5) is 14.1. The lowest BCUT2D eigenvalue weighted by molar-refractivity contribution is 0.0693. The van der Waals surface area contributed by atoms with E-state index < -0.39 is 21.7 Å². The number of hydrogen-bond acceptors (Lipinski definition) is 4. The lowest BCUT2D eigenvalue weighted by Crippen LogP contribution is -2.50. The van der Waals surface area contributed by atoms with E-state index in [0.717, 1.165) is 0 Å². The van der Waals surface area contributed by atoms with Crippen LogP contribution in [0.5, 0.6) is 0 Å². The third kappa shape index (κ3) is 4.03. The Morgan fingerprint density at radius 2 is 1.70 bits per heavy atom. The summed E-state index contributed by atoms with van der Waals surface area (Å²) in [6.45, 7) is 0.563. The molecule has 0 N–H and O–H groups in total. The summed E-state index contributed by atoms with van der Waals surface area (Å²) in [5, 5.41) is 8.81. The first kappa shape index (κ1) is 19.5. The smallest absolute Gasteiger partial charge is 0.256 e. The van der Waals surface area contributed by atoms with Gasteiger partial charge in [0.15, 0.2) is 0 Å². The van der Waals surface area contributed by atoms with Crippen molar-refractivity contribution in [1.82, 2.24) is 9.21 Å². The van der Waals surface area contributed by atoms with Gasteiger partial charge in [-0.15, -0.1) is 0 Å². The largest absolute Gasteiger partial charge is 0.336 e. The van der Waals surface area contributed by atoms with Gasteiger partial charge in [-0.3, -0.25) is 4.79 Å². The Bertz CT molecular complexity index is 1010. The topological polar surface area (TPSA) is 81.5 Å². The maximum Gasteiger partial charge on any atom is 0.256 e. The number of nitriles is 1. The summed E-state index contributed by atoms with van der Waals surface area (Å²) < 4.78 is 41.2. The molecule has 0 unspecified atom stereocenters. The molecule has 9 heteroatoms. The summed E-state index contributed by atoms with van der Waals surface area (Å²) in [6, 6.07) is 11.8. The summed E-state index contributed by atoms with van der Waals surface area (Å²) in [5.41, 5.74) is 0.327. The predicted octanol–water partition coefficient (Wildman–Crippen LogP) is 2.61. The molecule has 0 aliphatic carbocycles. The van der Waals surface area contributed by atoms with E-state index in [1.807, 2.05) is 6.07 Å². The van der Waals surface area contributed by atoms with Crippen LogP contribution < -0.4 is 0 Å². The van der Waals surface area contributed by atoms with Crippen molar-refractivity contribution >= 4 is 31.9 Å². The molecule has 0 bridgehead atoms. The van der Waals surface area contributed by atoms with Crippen LogP contribution >= 0.6 is 15.9 Å². The van der Waals surface area contributed by atoms with Crippen LogP contribution in [0.2, 0.25) is 0 Å².